The zero-order valence-electron chi connectivity index (χ0n) is 23.5. The summed E-state index contributed by atoms with van der Waals surface area (Å²) in [5, 5.41) is 22.6. The van der Waals surface area contributed by atoms with Gasteiger partial charge in [0.2, 0.25) is 0 Å². The lowest BCUT2D eigenvalue weighted by molar-refractivity contribution is -0.00514. The number of hydrogen-bond acceptors (Lipinski definition) is 4. The van der Waals surface area contributed by atoms with Crippen molar-refractivity contribution in [2.24, 2.45) is 0 Å². The maximum Gasteiger partial charge on any atom is 0.272 e. The fraction of sp³-hybridized carbons (Fsp3) is 0.562. The summed E-state index contributed by atoms with van der Waals surface area (Å²) in [5.41, 5.74) is 0.877. The third-order valence-electron chi connectivity index (χ3n) is 6.94. The Hall–Kier alpha value is -3.02. The number of unbranched alkanes of at least 4 members (excludes halogenated alkanes) is 12. The Morgan fingerprint density at radius 3 is 1.11 bits per heavy atom. The standard InChI is InChI=1S/C32H48N2O4/c1-3-5-7-9-11-13-15-25-33(31(37)27-17-21-29(35)22-18-27)34(26-16-14-12-10-8-6-4-2)32(38)28-19-23-30(36)24-20-28/h17-24,35-36H,3-16,25-26H2,1-2H3. The lowest BCUT2D eigenvalue weighted by Gasteiger charge is -2.35. The largest absolute Gasteiger partial charge is 0.508 e. The molecule has 0 aliphatic heterocycles. The van der Waals surface area contributed by atoms with Gasteiger partial charge in [0.1, 0.15) is 11.5 Å². The fourth-order valence-corrected chi connectivity index (χ4v) is 4.61. The molecule has 0 aliphatic rings. The molecule has 0 aromatic heterocycles. The summed E-state index contributed by atoms with van der Waals surface area (Å²) in [7, 11) is 0. The maximum absolute atomic E-state index is 13.7. The van der Waals surface area contributed by atoms with E-state index in [1.165, 1.54) is 75.6 Å². The second kappa shape index (κ2) is 18.3. The van der Waals surface area contributed by atoms with Crippen LogP contribution in [0.2, 0.25) is 0 Å². The van der Waals surface area contributed by atoms with Crippen LogP contribution in [-0.2, 0) is 0 Å². The Kier molecular flexibility index (Phi) is 15.0. The van der Waals surface area contributed by atoms with E-state index in [0.29, 0.717) is 24.2 Å². The van der Waals surface area contributed by atoms with E-state index < -0.39 is 0 Å². The van der Waals surface area contributed by atoms with E-state index in [-0.39, 0.29) is 23.3 Å². The normalized spacial score (nSPS) is 10.9. The van der Waals surface area contributed by atoms with Crippen LogP contribution in [0.25, 0.3) is 0 Å². The van der Waals surface area contributed by atoms with Crippen LogP contribution in [0.3, 0.4) is 0 Å². The van der Waals surface area contributed by atoms with Crippen LogP contribution in [0.5, 0.6) is 11.5 Å². The first-order valence-electron chi connectivity index (χ1n) is 14.7. The molecule has 0 saturated carbocycles. The van der Waals surface area contributed by atoms with Crippen LogP contribution < -0.4 is 0 Å². The molecule has 2 rings (SSSR count). The lowest BCUT2D eigenvalue weighted by atomic mass is 10.1. The molecular formula is C32H48N2O4. The van der Waals surface area contributed by atoms with E-state index >= 15 is 0 Å². The molecule has 210 valence electrons. The molecule has 0 heterocycles. The molecule has 0 aliphatic carbocycles. The van der Waals surface area contributed by atoms with Crippen LogP contribution in [0.1, 0.15) is 124 Å². The number of nitrogens with zero attached hydrogens (tertiary/aromatic N) is 2. The Bertz CT molecular complexity index is 850. The number of aromatic hydroxyl groups is 2. The summed E-state index contributed by atoms with van der Waals surface area (Å²) in [6, 6.07) is 12.4. The van der Waals surface area contributed by atoms with E-state index in [1.54, 1.807) is 34.3 Å². The van der Waals surface area contributed by atoms with Crippen molar-refractivity contribution in [1.82, 2.24) is 10.0 Å². The van der Waals surface area contributed by atoms with Crippen molar-refractivity contribution in [3.63, 3.8) is 0 Å². The molecule has 6 heteroatoms. The van der Waals surface area contributed by atoms with Crippen LogP contribution >= 0.6 is 0 Å². The van der Waals surface area contributed by atoms with Gasteiger partial charge >= 0.3 is 0 Å². The van der Waals surface area contributed by atoms with Gasteiger partial charge in [0.05, 0.1) is 0 Å². The van der Waals surface area contributed by atoms with Crippen molar-refractivity contribution in [1.29, 1.82) is 0 Å². The molecule has 38 heavy (non-hydrogen) atoms. The average Bonchev–Trinajstić information content (AvgIpc) is 2.92. The number of carbonyl (C=O) groups excluding carboxylic acids is 2. The fourth-order valence-electron chi connectivity index (χ4n) is 4.61. The molecule has 0 saturated heterocycles. The van der Waals surface area contributed by atoms with Gasteiger partial charge in [-0.25, -0.2) is 10.0 Å². The number of hydrogen-bond donors (Lipinski definition) is 2. The Labute approximate surface area is 229 Å². The maximum atomic E-state index is 13.7. The molecular weight excluding hydrogens is 476 g/mol. The van der Waals surface area contributed by atoms with E-state index in [4.69, 9.17) is 0 Å². The Balaban J connectivity index is 2.20. The van der Waals surface area contributed by atoms with Gasteiger partial charge < -0.3 is 10.2 Å². The molecule has 0 fully saturated rings. The molecule has 2 N–H and O–H groups in total. The average molecular weight is 525 g/mol. The van der Waals surface area contributed by atoms with Gasteiger partial charge in [0, 0.05) is 24.2 Å². The number of benzene rings is 2. The summed E-state index contributed by atoms with van der Waals surface area (Å²) in [5.74, 6) is -0.294. The van der Waals surface area contributed by atoms with Crippen LogP contribution in [-0.4, -0.2) is 45.1 Å². The number of phenolic OH excluding ortho intramolecular Hbond substituents is 2. The van der Waals surface area contributed by atoms with Crippen molar-refractivity contribution < 1.29 is 19.8 Å². The van der Waals surface area contributed by atoms with Gasteiger partial charge in [0.15, 0.2) is 0 Å². The Morgan fingerprint density at radius 2 is 0.789 bits per heavy atom. The van der Waals surface area contributed by atoms with Crippen LogP contribution in [0, 0.1) is 0 Å². The SMILES string of the molecule is CCCCCCCCCN(C(=O)c1ccc(O)cc1)N(CCCCCCCCC)C(=O)c1ccc(O)cc1. The van der Waals surface area contributed by atoms with Crippen molar-refractivity contribution in [2.75, 3.05) is 13.1 Å². The smallest absolute Gasteiger partial charge is 0.272 e. The number of amides is 2. The summed E-state index contributed by atoms with van der Waals surface area (Å²) < 4.78 is 0. The molecule has 2 amide bonds. The highest BCUT2D eigenvalue weighted by atomic mass is 16.3. The first-order valence-corrected chi connectivity index (χ1v) is 14.7. The second-order valence-electron chi connectivity index (χ2n) is 10.2. The summed E-state index contributed by atoms with van der Waals surface area (Å²) in [4.78, 5) is 27.4. The molecule has 6 nitrogen and oxygen atoms in total. The van der Waals surface area contributed by atoms with E-state index in [2.05, 4.69) is 13.8 Å². The van der Waals surface area contributed by atoms with Crippen molar-refractivity contribution in [3.8, 4) is 11.5 Å². The number of rotatable bonds is 18. The first-order chi connectivity index (χ1) is 18.5. The van der Waals surface area contributed by atoms with Crippen LogP contribution in [0.4, 0.5) is 0 Å². The minimum atomic E-state index is -0.244. The minimum absolute atomic E-state index is 0.0975. The van der Waals surface area contributed by atoms with E-state index in [1.807, 2.05) is 0 Å². The van der Waals surface area contributed by atoms with Crippen molar-refractivity contribution >= 4 is 11.8 Å². The van der Waals surface area contributed by atoms with Gasteiger partial charge in [-0.05, 0) is 61.4 Å². The van der Waals surface area contributed by atoms with Gasteiger partial charge in [-0.3, -0.25) is 9.59 Å². The third-order valence-corrected chi connectivity index (χ3v) is 6.94. The zero-order valence-corrected chi connectivity index (χ0v) is 23.5. The number of hydrazine groups is 1. The molecule has 0 spiro atoms. The zero-order chi connectivity index (χ0) is 27.6. The molecule has 0 unspecified atom stereocenters. The highest BCUT2D eigenvalue weighted by Gasteiger charge is 2.27. The molecule has 0 bridgehead atoms. The summed E-state index contributed by atoms with van der Waals surface area (Å²) in [6.07, 6.45) is 15.6. The predicted octanol–water partition coefficient (Wildman–Crippen LogP) is 8.10. The molecule has 0 atom stereocenters. The minimum Gasteiger partial charge on any atom is -0.508 e. The summed E-state index contributed by atoms with van der Waals surface area (Å²) >= 11 is 0. The van der Waals surface area contributed by atoms with E-state index in [0.717, 1.165) is 38.5 Å². The van der Waals surface area contributed by atoms with Gasteiger partial charge in [0.25, 0.3) is 11.8 Å². The molecule has 2 aromatic rings. The monoisotopic (exact) mass is 524 g/mol. The van der Waals surface area contributed by atoms with Crippen molar-refractivity contribution in [2.45, 2.75) is 104 Å². The second-order valence-corrected chi connectivity index (χ2v) is 10.2. The van der Waals surface area contributed by atoms with E-state index in [9.17, 15) is 19.8 Å². The quantitative estimate of drug-likeness (QED) is 0.152. The number of phenols is 2. The highest BCUT2D eigenvalue weighted by molar-refractivity contribution is 5.99. The van der Waals surface area contributed by atoms with Gasteiger partial charge in [-0.1, -0.05) is 90.9 Å². The van der Waals surface area contributed by atoms with Gasteiger partial charge in [-0.2, -0.15) is 0 Å². The van der Waals surface area contributed by atoms with Crippen molar-refractivity contribution in [3.05, 3.63) is 59.7 Å². The predicted molar refractivity (Wildman–Crippen MR) is 154 cm³/mol. The Morgan fingerprint density at radius 1 is 0.500 bits per heavy atom. The molecule has 0 radical (unpaired) electrons. The topological polar surface area (TPSA) is 81.1 Å². The lowest BCUT2D eigenvalue weighted by Crippen LogP contribution is -2.50. The van der Waals surface area contributed by atoms with Gasteiger partial charge in [-0.15, -0.1) is 0 Å². The van der Waals surface area contributed by atoms with Crippen LogP contribution in [0.15, 0.2) is 48.5 Å². The number of carbonyl (C=O) groups is 2. The summed E-state index contributed by atoms with van der Waals surface area (Å²) in [6.45, 7) is 5.32. The molecule has 2 aromatic carbocycles. The first kappa shape index (κ1) is 31.2. The highest BCUT2D eigenvalue weighted by Crippen LogP contribution is 2.20. The third kappa shape index (κ3) is 11.2.